The third kappa shape index (κ3) is 4.58. The fourth-order valence-electron chi connectivity index (χ4n) is 2.83. The van der Waals surface area contributed by atoms with E-state index in [0.29, 0.717) is 49.5 Å². The van der Waals surface area contributed by atoms with Gasteiger partial charge in [-0.15, -0.1) is 0 Å². The largest absolute Gasteiger partial charge is 0.424 e. The van der Waals surface area contributed by atoms with E-state index in [1.165, 1.54) is 24.3 Å². The molecule has 0 saturated carbocycles. The van der Waals surface area contributed by atoms with Crippen LogP contribution in [0.4, 0.5) is 23.1 Å². The number of hydrogen-bond acceptors (Lipinski definition) is 9. The number of nitro benzene ring substituents is 1. The molecular formula is C18H19N7O4. The monoisotopic (exact) mass is 397 g/mol. The first-order valence-electron chi connectivity index (χ1n) is 9.00. The lowest BCUT2D eigenvalue weighted by atomic mass is 10.3. The number of morpholine rings is 1. The Hall–Kier alpha value is -3.73. The number of nitro groups is 1. The van der Waals surface area contributed by atoms with E-state index in [1.807, 2.05) is 19.1 Å². The number of H-pyrrole nitrogens is 1. The third-order valence-corrected chi connectivity index (χ3v) is 4.25. The number of aryl methyl sites for hydroxylation is 1. The lowest BCUT2D eigenvalue weighted by Crippen LogP contribution is -2.36. The van der Waals surface area contributed by atoms with Crippen LogP contribution in [0.3, 0.4) is 0 Å². The van der Waals surface area contributed by atoms with Crippen LogP contribution in [0.1, 0.15) is 5.69 Å². The minimum atomic E-state index is -0.465. The van der Waals surface area contributed by atoms with E-state index in [4.69, 9.17) is 9.47 Å². The van der Waals surface area contributed by atoms with Gasteiger partial charge in [0.2, 0.25) is 0 Å². The third-order valence-electron chi connectivity index (χ3n) is 4.25. The van der Waals surface area contributed by atoms with Crippen LogP contribution in [0.15, 0.2) is 36.4 Å². The molecular weight excluding hydrogens is 378 g/mol. The number of nitrogens with one attached hydrogen (secondary N) is 2. The molecule has 0 aliphatic carbocycles. The Balaban J connectivity index is 1.61. The molecule has 2 N–H and O–H groups in total. The number of aromatic nitrogens is 4. The zero-order valence-corrected chi connectivity index (χ0v) is 15.7. The molecule has 0 unspecified atom stereocenters. The van der Waals surface area contributed by atoms with Crippen molar-refractivity contribution in [3.63, 3.8) is 0 Å². The molecule has 0 amide bonds. The van der Waals surface area contributed by atoms with Crippen LogP contribution in [0.2, 0.25) is 0 Å². The SMILES string of the molecule is Cc1cc(Nc2cc(N3CCOCC3)nc(Oc3ccc([N+](=O)[O-])cc3)n2)n[nH]1. The summed E-state index contributed by atoms with van der Waals surface area (Å²) in [4.78, 5) is 21.3. The zero-order chi connectivity index (χ0) is 20.2. The summed E-state index contributed by atoms with van der Waals surface area (Å²) in [6, 6.07) is 9.54. The van der Waals surface area contributed by atoms with Gasteiger partial charge in [-0.1, -0.05) is 0 Å². The topological polar surface area (TPSA) is 131 Å². The highest BCUT2D eigenvalue weighted by Gasteiger charge is 2.17. The number of benzene rings is 1. The molecule has 150 valence electrons. The van der Waals surface area contributed by atoms with Gasteiger partial charge in [0.25, 0.3) is 5.69 Å². The quantitative estimate of drug-likeness (QED) is 0.476. The first-order valence-corrected chi connectivity index (χ1v) is 9.00. The fraction of sp³-hybridized carbons (Fsp3) is 0.278. The molecule has 0 radical (unpaired) electrons. The van der Waals surface area contributed by atoms with Crippen molar-refractivity contribution in [1.29, 1.82) is 0 Å². The summed E-state index contributed by atoms with van der Waals surface area (Å²) in [7, 11) is 0. The maximum atomic E-state index is 10.8. The van der Waals surface area contributed by atoms with Crippen molar-refractivity contribution in [3.05, 3.63) is 52.2 Å². The molecule has 3 aromatic rings. The molecule has 11 nitrogen and oxygen atoms in total. The molecule has 11 heteroatoms. The second kappa shape index (κ2) is 8.10. The van der Waals surface area contributed by atoms with E-state index in [0.717, 1.165) is 5.69 Å². The fourth-order valence-corrected chi connectivity index (χ4v) is 2.83. The van der Waals surface area contributed by atoms with Gasteiger partial charge in [0.05, 0.1) is 18.1 Å². The average molecular weight is 397 g/mol. The summed E-state index contributed by atoms with van der Waals surface area (Å²) < 4.78 is 11.2. The van der Waals surface area contributed by atoms with E-state index in [2.05, 4.69) is 30.4 Å². The van der Waals surface area contributed by atoms with Crippen molar-refractivity contribution in [2.45, 2.75) is 6.92 Å². The Morgan fingerprint density at radius 2 is 1.93 bits per heavy atom. The second-order valence-electron chi connectivity index (χ2n) is 6.41. The molecule has 0 atom stereocenters. The highest BCUT2D eigenvalue weighted by Crippen LogP contribution is 2.27. The second-order valence-corrected chi connectivity index (χ2v) is 6.41. The van der Waals surface area contributed by atoms with Gasteiger partial charge in [-0.3, -0.25) is 15.2 Å². The molecule has 0 bridgehead atoms. The van der Waals surface area contributed by atoms with E-state index >= 15 is 0 Å². The maximum absolute atomic E-state index is 10.8. The van der Waals surface area contributed by atoms with Crippen molar-refractivity contribution in [3.8, 4) is 11.8 Å². The predicted molar refractivity (Wildman–Crippen MR) is 105 cm³/mol. The maximum Gasteiger partial charge on any atom is 0.325 e. The van der Waals surface area contributed by atoms with Crippen LogP contribution in [0.25, 0.3) is 0 Å². The Bertz CT molecular complexity index is 1000. The Kier molecular flexibility index (Phi) is 5.20. The van der Waals surface area contributed by atoms with Crippen molar-refractivity contribution in [1.82, 2.24) is 20.2 Å². The first kappa shape index (κ1) is 18.6. The molecule has 1 aliphatic rings. The molecule has 29 heavy (non-hydrogen) atoms. The standard InChI is InChI=1S/C18H19N7O4/c1-12-10-16(23-22-12)19-15-11-17(24-6-8-28-9-7-24)21-18(20-15)29-14-4-2-13(3-5-14)25(26)27/h2-5,10-11H,6-9H2,1H3,(H2,19,20,21,22,23). The first-order chi connectivity index (χ1) is 14.1. The number of aromatic amines is 1. The Labute approximate surface area is 165 Å². The molecule has 1 aromatic carbocycles. The number of anilines is 3. The molecule has 2 aromatic heterocycles. The minimum absolute atomic E-state index is 0.0170. The predicted octanol–water partition coefficient (Wildman–Crippen LogP) is 2.79. The van der Waals surface area contributed by atoms with Crippen LogP contribution in [0.5, 0.6) is 11.8 Å². The van der Waals surface area contributed by atoms with Gasteiger partial charge in [-0.05, 0) is 19.1 Å². The lowest BCUT2D eigenvalue weighted by Gasteiger charge is -2.28. The lowest BCUT2D eigenvalue weighted by molar-refractivity contribution is -0.384. The smallest absolute Gasteiger partial charge is 0.325 e. The van der Waals surface area contributed by atoms with E-state index in [-0.39, 0.29) is 11.7 Å². The van der Waals surface area contributed by atoms with Crippen molar-refractivity contribution in [2.24, 2.45) is 0 Å². The zero-order valence-electron chi connectivity index (χ0n) is 15.7. The summed E-state index contributed by atoms with van der Waals surface area (Å²) in [5, 5.41) is 21.0. The van der Waals surface area contributed by atoms with Crippen LogP contribution in [0, 0.1) is 17.0 Å². The number of nitrogens with zero attached hydrogens (tertiary/aromatic N) is 5. The summed E-state index contributed by atoms with van der Waals surface area (Å²) in [5.74, 6) is 2.23. The van der Waals surface area contributed by atoms with Gasteiger partial charge in [0, 0.05) is 43.0 Å². The van der Waals surface area contributed by atoms with Crippen molar-refractivity contribution < 1.29 is 14.4 Å². The number of non-ortho nitro benzene ring substituents is 1. The summed E-state index contributed by atoms with van der Waals surface area (Å²) in [6.45, 7) is 4.54. The summed E-state index contributed by atoms with van der Waals surface area (Å²) in [6.07, 6.45) is 0. The molecule has 1 aliphatic heterocycles. The van der Waals surface area contributed by atoms with Crippen molar-refractivity contribution in [2.75, 3.05) is 36.5 Å². The van der Waals surface area contributed by atoms with Gasteiger partial charge in [-0.25, -0.2) is 0 Å². The number of hydrogen-bond donors (Lipinski definition) is 2. The Morgan fingerprint density at radius 3 is 2.59 bits per heavy atom. The van der Waals surface area contributed by atoms with Crippen LogP contribution >= 0.6 is 0 Å². The molecule has 4 rings (SSSR count). The minimum Gasteiger partial charge on any atom is -0.424 e. The van der Waals surface area contributed by atoms with Gasteiger partial charge in [0.15, 0.2) is 5.82 Å². The van der Waals surface area contributed by atoms with Gasteiger partial charge < -0.3 is 19.7 Å². The van der Waals surface area contributed by atoms with Gasteiger partial charge in [-0.2, -0.15) is 15.1 Å². The normalized spacial score (nSPS) is 13.9. The van der Waals surface area contributed by atoms with Gasteiger partial charge >= 0.3 is 6.01 Å². The Morgan fingerprint density at radius 1 is 1.17 bits per heavy atom. The average Bonchev–Trinajstić information content (AvgIpc) is 3.13. The molecule has 1 fully saturated rings. The van der Waals surface area contributed by atoms with Crippen LogP contribution in [-0.4, -0.2) is 51.4 Å². The van der Waals surface area contributed by atoms with Crippen molar-refractivity contribution >= 4 is 23.1 Å². The van der Waals surface area contributed by atoms with E-state index in [1.54, 1.807) is 0 Å². The summed E-state index contributed by atoms with van der Waals surface area (Å²) >= 11 is 0. The van der Waals surface area contributed by atoms with E-state index < -0.39 is 4.92 Å². The van der Waals surface area contributed by atoms with Crippen LogP contribution < -0.4 is 15.0 Å². The number of rotatable bonds is 6. The van der Waals surface area contributed by atoms with E-state index in [9.17, 15) is 10.1 Å². The highest BCUT2D eigenvalue weighted by atomic mass is 16.6. The summed E-state index contributed by atoms with van der Waals surface area (Å²) in [5.41, 5.74) is 0.897. The van der Waals surface area contributed by atoms with Crippen LogP contribution in [-0.2, 0) is 4.74 Å². The number of ether oxygens (including phenoxy) is 2. The van der Waals surface area contributed by atoms with Gasteiger partial charge in [0.1, 0.15) is 17.4 Å². The molecule has 1 saturated heterocycles. The molecule has 3 heterocycles. The highest BCUT2D eigenvalue weighted by molar-refractivity contribution is 5.58. The molecule has 0 spiro atoms.